The van der Waals surface area contributed by atoms with Gasteiger partial charge in [0.05, 0.1) is 18.3 Å². The highest BCUT2D eigenvalue weighted by Crippen LogP contribution is 2.29. The smallest absolute Gasteiger partial charge is 0.255 e. The number of fused-ring (bicyclic) bond motifs is 1. The third-order valence-electron chi connectivity index (χ3n) is 4.40. The van der Waals surface area contributed by atoms with Crippen LogP contribution in [0.25, 0.3) is 10.8 Å². The highest BCUT2D eigenvalue weighted by molar-refractivity contribution is 6.09. The van der Waals surface area contributed by atoms with Crippen molar-refractivity contribution in [3.63, 3.8) is 0 Å². The van der Waals surface area contributed by atoms with E-state index in [-0.39, 0.29) is 18.1 Å². The molecule has 0 heterocycles. The van der Waals surface area contributed by atoms with Gasteiger partial charge in [-0.1, -0.05) is 30.3 Å². The molecule has 1 aliphatic rings. The first-order valence-electron chi connectivity index (χ1n) is 8.32. The van der Waals surface area contributed by atoms with Crippen molar-refractivity contribution in [3.8, 4) is 5.75 Å². The summed E-state index contributed by atoms with van der Waals surface area (Å²) in [6, 6.07) is 11.7. The molecule has 122 valence electrons. The number of carbonyl (C=O) groups excluding carboxylic acids is 1. The Balaban J connectivity index is 1.92. The van der Waals surface area contributed by atoms with E-state index in [1.54, 1.807) is 0 Å². The van der Waals surface area contributed by atoms with Crippen molar-refractivity contribution in [2.75, 3.05) is 6.61 Å². The minimum Gasteiger partial charge on any atom is -0.493 e. The number of amides is 1. The monoisotopic (exact) mass is 313 g/mol. The van der Waals surface area contributed by atoms with Crippen molar-refractivity contribution in [2.24, 2.45) is 0 Å². The summed E-state index contributed by atoms with van der Waals surface area (Å²) in [4.78, 5) is 12.9. The van der Waals surface area contributed by atoms with Crippen molar-refractivity contribution in [3.05, 3.63) is 42.0 Å². The maximum absolute atomic E-state index is 12.9. The third kappa shape index (κ3) is 3.48. The average Bonchev–Trinajstić information content (AvgIpc) is 2.54. The lowest BCUT2D eigenvalue weighted by molar-refractivity contribution is 0.0848. The van der Waals surface area contributed by atoms with Crippen LogP contribution in [0.5, 0.6) is 5.75 Å². The van der Waals surface area contributed by atoms with Gasteiger partial charge in [-0.3, -0.25) is 4.79 Å². The molecule has 1 amide bonds. The largest absolute Gasteiger partial charge is 0.493 e. The van der Waals surface area contributed by atoms with E-state index >= 15 is 0 Å². The molecule has 2 aromatic rings. The van der Waals surface area contributed by atoms with E-state index in [2.05, 4.69) is 5.32 Å². The Bertz CT molecular complexity index is 698. The van der Waals surface area contributed by atoms with Crippen LogP contribution in [0.3, 0.4) is 0 Å². The van der Waals surface area contributed by atoms with Crippen LogP contribution in [-0.2, 0) is 0 Å². The fourth-order valence-electron chi connectivity index (χ4n) is 3.31. The lowest BCUT2D eigenvalue weighted by Crippen LogP contribution is -2.40. The number of benzene rings is 2. The zero-order chi connectivity index (χ0) is 16.2. The normalized spacial score (nSPS) is 21.1. The SMILES string of the molecule is CCOc1ccc2ccccc2c1C(=O)NC1CCCC(O)C1. The minimum absolute atomic E-state index is 0.0275. The number of carbonyl (C=O) groups is 1. The lowest BCUT2D eigenvalue weighted by atomic mass is 9.92. The van der Waals surface area contributed by atoms with E-state index in [0.29, 0.717) is 24.3 Å². The molecule has 2 N–H and O–H groups in total. The van der Waals surface area contributed by atoms with Crippen molar-refractivity contribution < 1.29 is 14.6 Å². The number of rotatable bonds is 4. The summed E-state index contributed by atoms with van der Waals surface area (Å²) in [5, 5.41) is 14.8. The van der Waals surface area contributed by atoms with Crippen LogP contribution >= 0.6 is 0 Å². The zero-order valence-corrected chi connectivity index (χ0v) is 13.4. The molecule has 2 unspecified atom stereocenters. The molecule has 0 saturated heterocycles. The molecule has 0 aromatic heterocycles. The first-order chi connectivity index (χ1) is 11.2. The molecule has 0 radical (unpaired) electrons. The van der Waals surface area contributed by atoms with Gasteiger partial charge in [0.2, 0.25) is 0 Å². The highest BCUT2D eigenvalue weighted by atomic mass is 16.5. The fourth-order valence-corrected chi connectivity index (χ4v) is 3.31. The predicted octanol–water partition coefficient (Wildman–Crippen LogP) is 3.27. The van der Waals surface area contributed by atoms with Gasteiger partial charge in [-0.25, -0.2) is 0 Å². The Kier molecular flexibility index (Phi) is 4.82. The van der Waals surface area contributed by atoms with Crippen molar-refractivity contribution >= 4 is 16.7 Å². The van der Waals surface area contributed by atoms with Crippen LogP contribution in [0.1, 0.15) is 43.0 Å². The summed E-state index contributed by atoms with van der Waals surface area (Å²) >= 11 is 0. The van der Waals surface area contributed by atoms with Gasteiger partial charge in [-0.05, 0) is 49.4 Å². The molecule has 1 saturated carbocycles. The second-order valence-electron chi connectivity index (χ2n) is 6.08. The quantitative estimate of drug-likeness (QED) is 0.911. The molecular formula is C19H23NO3. The van der Waals surface area contributed by atoms with Gasteiger partial charge in [0.25, 0.3) is 5.91 Å². The summed E-state index contributed by atoms with van der Waals surface area (Å²) in [6.07, 6.45) is 3.00. The number of aliphatic hydroxyl groups excluding tert-OH is 1. The molecule has 0 spiro atoms. The van der Waals surface area contributed by atoms with Gasteiger partial charge in [0, 0.05) is 6.04 Å². The molecule has 2 atom stereocenters. The van der Waals surface area contributed by atoms with E-state index < -0.39 is 0 Å². The number of nitrogens with one attached hydrogen (secondary N) is 1. The second kappa shape index (κ2) is 7.01. The standard InChI is InChI=1S/C19H23NO3/c1-2-23-17-11-10-13-6-3-4-9-16(13)18(17)19(22)20-14-7-5-8-15(21)12-14/h3-4,6,9-11,14-15,21H,2,5,7-8,12H2,1H3,(H,20,22). The molecule has 0 bridgehead atoms. The number of ether oxygens (including phenoxy) is 1. The molecule has 3 rings (SSSR count). The topological polar surface area (TPSA) is 58.6 Å². The summed E-state index contributed by atoms with van der Waals surface area (Å²) in [7, 11) is 0. The molecule has 0 aliphatic heterocycles. The van der Waals surface area contributed by atoms with Gasteiger partial charge in [-0.15, -0.1) is 0 Å². The van der Waals surface area contributed by atoms with Gasteiger partial charge < -0.3 is 15.2 Å². The number of hydrogen-bond acceptors (Lipinski definition) is 3. The van der Waals surface area contributed by atoms with Gasteiger partial charge >= 0.3 is 0 Å². The van der Waals surface area contributed by atoms with E-state index in [9.17, 15) is 9.90 Å². The van der Waals surface area contributed by atoms with Crippen molar-refractivity contribution in [1.82, 2.24) is 5.32 Å². The first-order valence-corrected chi connectivity index (χ1v) is 8.32. The number of hydrogen-bond donors (Lipinski definition) is 2. The third-order valence-corrected chi connectivity index (χ3v) is 4.40. The Labute approximate surface area is 136 Å². The Hall–Kier alpha value is -2.07. The van der Waals surface area contributed by atoms with Crippen LogP contribution in [0.2, 0.25) is 0 Å². The molecule has 23 heavy (non-hydrogen) atoms. The fraction of sp³-hybridized carbons (Fsp3) is 0.421. The van der Waals surface area contributed by atoms with Crippen LogP contribution in [-0.4, -0.2) is 29.8 Å². The molecule has 4 nitrogen and oxygen atoms in total. The summed E-state index contributed by atoms with van der Waals surface area (Å²) < 4.78 is 5.67. The number of aliphatic hydroxyl groups is 1. The Morgan fingerprint density at radius 3 is 2.87 bits per heavy atom. The van der Waals surface area contributed by atoms with Crippen LogP contribution in [0, 0.1) is 0 Å². The molecule has 2 aromatic carbocycles. The molecule has 1 aliphatic carbocycles. The van der Waals surface area contributed by atoms with Gasteiger partial charge in [0.1, 0.15) is 5.75 Å². The van der Waals surface area contributed by atoms with Crippen LogP contribution < -0.4 is 10.1 Å². The average molecular weight is 313 g/mol. The maximum Gasteiger partial charge on any atom is 0.255 e. The molecule has 1 fully saturated rings. The summed E-state index contributed by atoms with van der Waals surface area (Å²) in [5.74, 6) is 0.490. The van der Waals surface area contributed by atoms with Crippen LogP contribution in [0.15, 0.2) is 36.4 Å². The second-order valence-corrected chi connectivity index (χ2v) is 6.08. The van der Waals surface area contributed by atoms with Gasteiger partial charge in [-0.2, -0.15) is 0 Å². The summed E-state index contributed by atoms with van der Waals surface area (Å²) in [6.45, 7) is 2.43. The van der Waals surface area contributed by atoms with Crippen molar-refractivity contribution in [2.45, 2.75) is 44.8 Å². The van der Waals surface area contributed by atoms with E-state index in [1.165, 1.54) is 0 Å². The Morgan fingerprint density at radius 2 is 2.09 bits per heavy atom. The first kappa shape index (κ1) is 15.8. The highest BCUT2D eigenvalue weighted by Gasteiger charge is 2.24. The summed E-state index contributed by atoms with van der Waals surface area (Å²) in [5.41, 5.74) is 0.588. The van der Waals surface area contributed by atoms with E-state index in [1.807, 2.05) is 43.3 Å². The molecule has 4 heteroatoms. The van der Waals surface area contributed by atoms with Crippen LogP contribution in [0.4, 0.5) is 0 Å². The Morgan fingerprint density at radius 1 is 1.26 bits per heavy atom. The minimum atomic E-state index is -0.312. The van der Waals surface area contributed by atoms with Crippen molar-refractivity contribution in [1.29, 1.82) is 0 Å². The maximum atomic E-state index is 12.9. The van der Waals surface area contributed by atoms with E-state index in [4.69, 9.17) is 4.74 Å². The molecular weight excluding hydrogens is 290 g/mol. The van der Waals surface area contributed by atoms with E-state index in [0.717, 1.165) is 30.0 Å². The zero-order valence-electron chi connectivity index (χ0n) is 13.4. The van der Waals surface area contributed by atoms with Gasteiger partial charge in [0.15, 0.2) is 0 Å². The predicted molar refractivity (Wildman–Crippen MR) is 90.8 cm³/mol. The lowest BCUT2D eigenvalue weighted by Gasteiger charge is -2.27.